The predicted octanol–water partition coefficient (Wildman–Crippen LogP) is 3.95. The third-order valence-electron chi connectivity index (χ3n) is 3.65. The SMILES string of the molecule is Cc1nn(C)cc1NC(c1ccc(Cl)cc1)C1CC1. The molecule has 1 aliphatic carbocycles. The van der Waals surface area contributed by atoms with Gasteiger partial charge in [-0.05, 0) is 43.4 Å². The lowest BCUT2D eigenvalue weighted by Crippen LogP contribution is -2.13. The maximum Gasteiger partial charge on any atom is 0.0825 e. The van der Waals surface area contributed by atoms with Crippen LogP contribution in [0.5, 0.6) is 0 Å². The molecular formula is C15H18ClN3. The van der Waals surface area contributed by atoms with Crippen molar-refractivity contribution in [2.45, 2.75) is 25.8 Å². The van der Waals surface area contributed by atoms with Crippen molar-refractivity contribution in [1.29, 1.82) is 0 Å². The van der Waals surface area contributed by atoms with Crippen LogP contribution in [0.4, 0.5) is 5.69 Å². The van der Waals surface area contributed by atoms with Gasteiger partial charge >= 0.3 is 0 Å². The van der Waals surface area contributed by atoms with Gasteiger partial charge in [0.1, 0.15) is 0 Å². The van der Waals surface area contributed by atoms with E-state index < -0.39 is 0 Å². The Kier molecular flexibility index (Phi) is 3.23. The summed E-state index contributed by atoms with van der Waals surface area (Å²) in [5.74, 6) is 0.723. The number of hydrogen-bond acceptors (Lipinski definition) is 2. The van der Waals surface area contributed by atoms with Crippen molar-refractivity contribution in [1.82, 2.24) is 9.78 Å². The summed E-state index contributed by atoms with van der Waals surface area (Å²) >= 11 is 5.97. The second-order valence-electron chi connectivity index (χ2n) is 5.31. The summed E-state index contributed by atoms with van der Waals surface area (Å²) in [6.07, 6.45) is 4.62. The number of aryl methyl sites for hydroxylation is 2. The van der Waals surface area contributed by atoms with Crippen molar-refractivity contribution in [2.24, 2.45) is 13.0 Å². The number of benzene rings is 1. The van der Waals surface area contributed by atoms with Gasteiger partial charge in [-0.2, -0.15) is 5.10 Å². The number of aromatic nitrogens is 2. The smallest absolute Gasteiger partial charge is 0.0825 e. The zero-order chi connectivity index (χ0) is 13.4. The summed E-state index contributed by atoms with van der Waals surface area (Å²) in [4.78, 5) is 0. The van der Waals surface area contributed by atoms with Crippen LogP contribution in [-0.4, -0.2) is 9.78 Å². The molecule has 1 aliphatic rings. The van der Waals surface area contributed by atoms with Crippen molar-refractivity contribution in [3.8, 4) is 0 Å². The molecule has 4 heteroatoms. The predicted molar refractivity (Wildman–Crippen MR) is 78.5 cm³/mol. The highest BCUT2D eigenvalue weighted by Crippen LogP contribution is 2.43. The first-order chi connectivity index (χ1) is 9.13. The van der Waals surface area contributed by atoms with Crippen LogP contribution in [0.25, 0.3) is 0 Å². The van der Waals surface area contributed by atoms with Crippen LogP contribution in [0.15, 0.2) is 30.5 Å². The van der Waals surface area contributed by atoms with E-state index in [9.17, 15) is 0 Å². The van der Waals surface area contributed by atoms with E-state index in [1.165, 1.54) is 18.4 Å². The Morgan fingerprint density at radius 1 is 1.32 bits per heavy atom. The van der Waals surface area contributed by atoms with Crippen LogP contribution in [0.3, 0.4) is 0 Å². The second kappa shape index (κ2) is 4.89. The first-order valence-corrected chi connectivity index (χ1v) is 7.03. The van der Waals surface area contributed by atoms with Crippen LogP contribution in [0.2, 0.25) is 5.02 Å². The molecular weight excluding hydrogens is 258 g/mol. The number of nitrogens with zero attached hydrogens (tertiary/aromatic N) is 2. The fourth-order valence-electron chi connectivity index (χ4n) is 2.48. The fourth-order valence-corrected chi connectivity index (χ4v) is 2.61. The average molecular weight is 276 g/mol. The molecule has 0 radical (unpaired) electrons. The molecule has 1 N–H and O–H groups in total. The van der Waals surface area contributed by atoms with Gasteiger partial charge in [-0.1, -0.05) is 23.7 Å². The van der Waals surface area contributed by atoms with Crippen LogP contribution in [0.1, 0.15) is 30.1 Å². The van der Waals surface area contributed by atoms with E-state index >= 15 is 0 Å². The molecule has 1 atom stereocenters. The number of rotatable bonds is 4. The van der Waals surface area contributed by atoms with Gasteiger partial charge in [0.25, 0.3) is 0 Å². The van der Waals surface area contributed by atoms with Crippen LogP contribution in [0, 0.1) is 12.8 Å². The Hall–Kier alpha value is -1.48. The summed E-state index contributed by atoms with van der Waals surface area (Å²) < 4.78 is 1.85. The van der Waals surface area contributed by atoms with Gasteiger partial charge in [-0.25, -0.2) is 0 Å². The van der Waals surface area contributed by atoms with Gasteiger partial charge in [0.2, 0.25) is 0 Å². The number of halogens is 1. The Bertz CT molecular complexity index is 570. The van der Waals surface area contributed by atoms with E-state index in [4.69, 9.17) is 11.6 Å². The molecule has 0 amide bonds. The molecule has 0 bridgehead atoms. The molecule has 19 heavy (non-hydrogen) atoms. The lowest BCUT2D eigenvalue weighted by atomic mass is 10.0. The Balaban J connectivity index is 1.85. The van der Waals surface area contributed by atoms with Crippen molar-refractivity contribution < 1.29 is 0 Å². The molecule has 1 saturated carbocycles. The van der Waals surface area contributed by atoms with E-state index in [1.54, 1.807) is 0 Å². The average Bonchev–Trinajstić information content (AvgIpc) is 3.15. The summed E-state index contributed by atoms with van der Waals surface area (Å²) in [5.41, 5.74) is 3.46. The van der Waals surface area contributed by atoms with Gasteiger partial charge in [-0.15, -0.1) is 0 Å². The maximum atomic E-state index is 5.97. The van der Waals surface area contributed by atoms with E-state index in [-0.39, 0.29) is 0 Å². The van der Waals surface area contributed by atoms with Crippen LogP contribution >= 0.6 is 11.6 Å². The van der Waals surface area contributed by atoms with Crippen molar-refractivity contribution in [2.75, 3.05) is 5.32 Å². The standard InChI is InChI=1S/C15H18ClN3/c1-10-14(9-19(2)18-10)17-15(11-3-4-11)12-5-7-13(16)8-6-12/h5-9,11,15,17H,3-4H2,1-2H3. The van der Waals surface area contributed by atoms with Crippen molar-refractivity contribution in [3.05, 3.63) is 46.7 Å². The molecule has 100 valence electrons. The molecule has 1 aromatic carbocycles. The van der Waals surface area contributed by atoms with Gasteiger partial charge in [0.15, 0.2) is 0 Å². The molecule has 2 aromatic rings. The van der Waals surface area contributed by atoms with Gasteiger partial charge < -0.3 is 5.32 Å². The molecule has 3 nitrogen and oxygen atoms in total. The molecule has 0 spiro atoms. The normalized spacial score (nSPS) is 16.4. The van der Waals surface area contributed by atoms with E-state index in [2.05, 4.69) is 22.5 Å². The second-order valence-corrected chi connectivity index (χ2v) is 5.75. The Morgan fingerprint density at radius 3 is 2.53 bits per heavy atom. The third kappa shape index (κ3) is 2.76. The quantitative estimate of drug-likeness (QED) is 0.916. The van der Waals surface area contributed by atoms with Crippen LogP contribution < -0.4 is 5.32 Å². The first kappa shape index (κ1) is 12.5. The lowest BCUT2D eigenvalue weighted by molar-refractivity contribution is 0.678. The topological polar surface area (TPSA) is 29.9 Å². The summed E-state index contributed by atoms with van der Waals surface area (Å²) in [6, 6.07) is 8.52. The van der Waals surface area contributed by atoms with Crippen LogP contribution in [-0.2, 0) is 7.05 Å². The molecule has 0 aliphatic heterocycles. The highest BCUT2D eigenvalue weighted by Gasteiger charge is 2.32. The largest absolute Gasteiger partial charge is 0.375 e. The fraction of sp³-hybridized carbons (Fsp3) is 0.400. The van der Waals surface area contributed by atoms with Gasteiger partial charge in [0.05, 0.1) is 17.4 Å². The minimum Gasteiger partial charge on any atom is -0.375 e. The van der Waals surface area contributed by atoms with E-state index in [0.29, 0.717) is 6.04 Å². The Morgan fingerprint density at radius 2 is 2.00 bits per heavy atom. The van der Waals surface area contributed by atoms with Gasteiger partial charge in [-0.3, -0.25) is 4.68 Å². The zero-order valence-corrected chi connectivity index (χ0v) is 12.0. The molecule has 1 fully saturated rings. The first-order valence-electron chi connectivity index (χ1n) is 6.66. The molecule has 3 rings (SSSR count). The third-order valence-corrected chi connectivity index (χ3v) is 3.90. The van der Waals surface area contributed by atoms with Crippen molar-refractivity contribution in [3.63, 3.8) is 0 Å². The van der Waals surface area contributed by atoms with Gasteiger partial charge in [0, 0.05) is 18.3 Å². The Labute approximate surface area is 118 Å². The molecule has 1 heterocycles. The minimum absolute atomic E-state index is 0.361. The molecule has 0 saturated heterocycles. The summed E-state index contributed by atoms with van der Waals surface area (Å²) in [5, 5.41) is 8.81. The molecule has 1 unspecified atom stereocenters. The molecule has 1 aromatic heterocycles. The summed E-state index contributed by atoms with van der Waals surface area (Å²) in [7, 11) is 1.95. The van der Waals surface area contributed by atoms with Crippen molar-refractivity contribution >= 4 is 17.3 Å². The number of nitrogens with one attached hydrogen (secondary N) is 1. The monoisotopic (exact) mass is 275 g/mol. The highest BCUT2D eigenvalue weighted by atomic mass is 35.5. The number of hydrogen-bond donors (Lipinski definition) is 1. The lowest BCUT2D eigenvalue weighted by Gasteiger charge is -2.19. The zero-order valence-electron chi connectivity index (χ0n) is 11.2. The number of anilines is 1. The van der Waals surface area contributed by atoms with E-state index in [0.717, 1.165) is 22.3 Å². The minimum atomic E-state index is 0.361. The van der Waals surface area contributed by atoms with E-state index in [1.807, 2.05) is 37.0 Å². The summed E-state index contributed by atoms with van der Waals surface area (Å²) in [6.45, 7) is 2.04. The maximum absolute atomic E-state index is 5.97. The highest BCUT2D eigenvalue weighted by molar-refractivity contribution is 6.30.